The maximum Gasteiger partial charge on any atom is 0.333 e. The van der Waals surface area contributed by atoms with Crippen LogP contribution in [0, 0.1) is 17.8 Å². The summed E-state index contributed by atoms with van der Waals surface area (Å²) in [5.41, 5.74) is 10.6. The van der Waals surface area contributed by atoms with E-state index in [1.807, 2.05) is 118 Å². The molecule has 0 aliphatic carbocycles. The number of hydrogen-bond acceptors (Lipinski definition) is 15. The Morgan fingerprint density at radius 2 is 1.31 bits per heavy atom. The highest BCUT2D eigenvalue weighted by atomic mass is 32.2. The van der Waals surface area contributed by atoms with Gasteiger partial charge in [-0.2, -0.15) is 36.2 Å². The Balaban J connectivity index is -0.000000236. The van der Waals surface area contributed by atoms with E-state index in [1.165, 1.54) is 6.08 Å². The summed E-state index contributed by atoms with van der Waals surface area (Å²) < 4.78 is 15.1. The number of nitrogens with zero attached hydrogens (tertiary/aromatic N) is 2. The number of thiol groups is 1. The highest BCUT2D eigenvalue weighted by Crippen LogP contribution is 2.30. The molecule has 0 heterocycles. The zero-order valence-corrected chi connectivity index (χ0v) is 47.1. The number of nitrogens with one attached hydrogen (secondary N) is 1. The van der Waals surface area contributed by atoms with Crippen LogP contribution in [0.2, 0.25) is 0 Å². The highest BCUT2D eigenvalue weighted by Gasteiger charge is 2.22. The SMILES string of the molecule is C=C(C)Nc1cc(CCC(=O)OC(OC(=O)C=C(C)C)C(C)C)ccc1N(CC(C)C)CC(C)C.CC.CC.CC(C)ON(O)OCc1ccccc1.COCN.CS.CSC.CSC. The Labute approximate surface area is 412 Å². The number of methoxy groups -OCH3 is 1. The summed E-state index contributed by atoms with van der Waals surface area (Å²) in [6.45, 7) is 36.3. The lowest BCUT2D eigenvalue weighted by Gasteiger charge is -2.31. The van der Waals surface area contributed by atoms with Crippen molar-refractivity contribution in [3.63, 3.8) is 0 Å². The summed E-state index contributed by atoms with van der Waals surface area (Å²) in [6, 6.07) is 15.8. The fourth-order valence-corrected chi connectivity index (χ4v) is 4.53. The largest absolute Gasteiger partial charge is 0.425 e. The fraction of sp³-hybridized carbons (Fsp3) is 0.640. The number of thioether (sulfide) groups is 2. The van der Waals surface area contributed by atoms with Crippen molar-refractivity contribution in [1.29, 1.82) is 0 Å². The lowest BCUT2D eigenvalue weighted by atomic mass is 10.0. The zero-order chi connectivity index (χ0) is 51.9. The number of hydrogen-bond donors (Lipinski definition) is 4. The van der Waals surface area contributed by atoms with Crippen molar-refractivity contribution in [3.8, 4) is 0 Å². The van der Waals surface area contributed by atoms with Gasteiger partial charge in [-0.1, -0.05) is 118 Å². The second-order valence-electron chi connectivity index (χ2n) is 15.1. The molecule has 1 unspecified atom stereocenters. The van der Waals surface area contributed by atoms with Gasteiger partial charge in [-0.3, -0.25) is 10.0 Å². The molecule has 0 saturated heterocycles. The molecule has 0 bridgehead atoms. The van der Waals surface area contributed by atoms with E-state index in [-0.39, 0.29) is 25.0 Å². The average molecular weight is 978 g/mol. The van der Waals surface area contributed by atoms with Gasteiger partial charge in [0.15, 0.2) is 0 Å². The number of anilines is 2. The van der Waals surface area contributed by atoms with Crippen LogP contribution in [0.5, 0.6) is 0 Å². The summed E-state index contributed by atoms with van der Waals surface area (Å²) in [5.74, 6) is 0.0108. The van der Waals surface area contributed by atoms with E-state index in [0.717, 1.165) is 46.9 Å². The molecule has 2 rings (SSSR count). The second-order valence-corrected chi connectivity index (χ2v) is 16.8. The summed E-state index contributed by atoms with van der Waals surface area (Å²) in [7, 11) is 1.56. The van der Waals surface area contributed by atoms with Crippen LogP contribution >= 0.6 is 36.2 Å². The normalized spacial score (nSPS) is 10.1. The molecule has 15 heteroatoms. The van der Waals surface area contributed by atoms with Gasteiger partial charge < -0.3 is 30.2 Å². The van der Waals surface area contributed by atoms with Gasteiger partial charge in [0, 0.05) is 44.3 Å². The van der Waals surface area contributed by atoms with Crippen molar-refractivity contribution in [2.75, 3.05) is 68.4 Å². The van der Waals surface area contributed by atoms with Crippen LogP contribution in [-0.2, 0) is 46.5 Å². The molecule has 0 aromatic heterocycles. The van der Waals surface area contributed by atoms with Crippen LogP contribution in [-0.4, -0.2) is 93.1 Å². The molecule has 2 aromatic rings. The Bertz CT molecular complexity index is 1380. The molecule has 0 radical (unpaired) electrons. The molecule has 0 spiro atoms. The van der Waals surface area contributed by atoms with Gasteiger partial charge in [0.1, 0.15) is 0 Å². The number of rotatable bonds is 20. The molecule has 0 saturated carbocycles. The van der Waals surface area contributed by atoms with E-state index in [9.17, 15) is 9.59 Å². The number of benzene rings is 2. The van der Waals surface area contributed by atoms with Crippen LogP contribution < -0.4 is 16.0 Å². The Morgan fingerprint density at radius 3 is 1.69 bits per heavy atom. The van der Waals surface area contributed by atoms with Gasteiger partial charge in [-0.05, 0) is 107 Å². The van der Waals surface area contributed by atoms with Gasteiger partial charge >= 0.3 is 11.9 Å². The lowest BCUT2D eigenvalue weighted by Crippen LogP contribution is -2.32. The van der Waals surface area contributed by atoms with E-state index < -0.39 is 18.2 Å². The summed E-state index contributed by atoms with van der Waals surface area (Å²) in [4.78, 5) is 36.7. The second kappa shape index (κ2) is 52.2. The number of ether oxygens (including phenoxy) is 3. The molecule has 12 nitrogen and oxygen atoms in total. The highest BCUT2D eigenvalue weighted by molar-refractivity contribution is 7.98. The molecular weight excluding hydrogens is 881 g/mol. The topological polar surface area (TPSA) is 145 Å². The predicted octanol–water partition coefficient (Wildman–Crippen LogP) is 13.0. The van der Waals surface area contributed by atoms with Crippen LogP contribution in [0.1, 0.15) is 121 Å². The monoisotopic (exact) mass is 977 g/mol. The summed E-state index contributed by atoms with van der Waals surface area (Å²) in [6.07, 6.45) is 10.9. The van der Waals surface area contributed by atoms with Gasteiger partial charge in [-0.25, -0.2) is 14.5 Å². The molecule has 382 valence electrons. The third-order valence-electron chi connectivity index (χ3n) is 6.62. The van der Waals surface area contributed by atoms with Crippen molar-refractivity contribution >= 4 is 59.5 Å². The van der Waals surface area contributed by atoms with Crippen molar-refractivity contribution in [3.05, 3.63) is 83.6 Å². The molecular formula is C50H96N4O8S3. The summed E-state index contributed by atoms with van der Waals surface area (Å²) in [5, 5.41) is 12.9. The van der Waals surface area contributed by atoms with Gasteiger partial charge in [0.2, 0.25) is 6.29 Å². The van der Waals surface area contributed by atoms with Crippen molar-refractivity contribution in [2.24, 2.45) is 23.5 Å². The number of allylic oxidation sites excluding steroid dienone is 2. The minimum absolute atomic E-state index is 0.115. The maximum absolute atomic E-state index is 12.5. The maximum atomic E-state index is 12.5. The number of carbonyl (C=O) groups excluding carboxylic acids is 2. The molecule has 0 amide bonds. The van der Waals surface area contributed by atoms with E-state index >= 15 is 0 Å². The number of nitrogens with two attached hydrogens (primary N) is 1. The Hall–Kier alpha value is -2.73. The van der Waals surface area contributed by atoms with Crippen LogP contribution in [0.4, 0.5) is 11.4 Å². The van der Waals surface area contributed by atoms with E-state index in [4.69, 9.17) is 30.1 Å². The first-order valence-electron chi connectivity index (χ1n) is 22.3. The van der Waals surface area contributed by atoms with E-state index in [2.05, 4.69) is 80.1 Å². The molecule has 0 fully saturated rings. The third kappa shape index (κ3) is 50.5. The first kappa shape index (κ1) is 73.8. The van der Waals surface area contributed by atoms with Crippen LogP contribution in [0.15, 0.2) is 72.5 Å². The van der Waals surface area contributed by atoms with E-state index in [0.29, 0.717) is 30.4 Å². The first-order chi connectivity index (χ1) is 30.7. The molecule has 1 atom stereocenters. The van der Waals surface area contributed by atoms with E-state index in [1.54, 1.807) is 50.7 Å². The minimum Gasteiger partial charge on any atom is -0.425 e. The van der Waals surface area contributed by atoms with Crippen LogP contribution in [0.25, 0.3) is 0 Å². The summed E-state index contributed by atoms with van der Waals surface area (Å²) >= 11 is 7.03. The third-order valence-corrected chi connectivity index (χ3v) is 6.62. The predicted molar refractivity (Wildman–Crippen MR) is 289 cm³/mol. The van der Waals surface area contributed by atoms with Crippen LogP contribution in [0.3, 0.4) is 0 Å². The Kier molecular flexibility index (Phi) is 59.3. The quantitative estimate of drug-likeness (QED) is 0.0328. The van der Waals surface area contributed by atoms with Gasteiger partial charge in [0.25, 0.3) is 0 Å². The van der Waals surface area contributed by atoms with Crippen molar-refractivity contribution < 1.29 is 38.7 Å². The average Bonchev–Trinajstić information content (AvgIpc) is 3.24. The fourth-order valence-electron chi connectivity index (χ4n) is 4.53. The molecule has 4 N–H and O–H groups in total. The molecule has 0 aliphatic rings. The number of carbonyl (C=O) groups is 2. The number of esters is 2. The Morgan fingerprint density at radius 1 is 0.831 bits per heavy atom. The molecule has 2 aromatic carbocycles. The smallest absolute Gasteiger partial charge is 0.333 e. The minimum atomic E-state index is -0.908. The standard InChI is InChI=1S/C29H46N2O4.C10H15NO3.C2H7NO.2C2H6S.2C2H6.CH4S/c1-19(2)15-28(33)35-29(22(7)8)34-27(32)14-12-24-11-13-26(25(16-24)30-23(9)10)31(17-20(3)4)18-21(5)6;1-9(2)14-11(12)13-8-10-6-4-3-5-7-10;1-4-2-3;2*1-3-2;3*1-2/h11,13,15-16,20-22,29-30H,9,12,14,17-18H2,1-8,10H3;3-7,9,12H,8H2,1-2H3;2-3H2,1H3;2*1-2H3;2*1-2H3;2H,1H3. The van der Waals surface area contributed by atoms with Gasteiger partial charge in [0.05, 0.1) is 36.2 Å². The molecule has 65 heavy (non-hydrogen) atoms. The zero-order valence-electron chi connectivity index (χ0n) is 44.6. The first-order valence-corrected chi connectivity index (χ1v) is 26.5. The van der Waals surface area contributed by atoms with Gasteiger partial charge in [-0.15, -0.1) is 0 Å². The van der Waals surface area contributed by atoms with Crippen molar-refractivity contribution in [2.45, 2.75) is 136 Å². The molecule has 0 aliphatic heterocycles. The lowest BCUT2D eigenvalue weighted by molar-refractivity contribution is -0.523. The van der Waals surface area contributed by atoms with Crippen molar-refractivity contribution in [1.82, 2.24) is 5.39 Å². The number of aryl methyl sites for hydroxylation is 1.